The summed E-state index contributed by atoms with van der Waals surface area (Å²) in [4.78, 5) is 42.4. The Morgan fingerprint density at radius 2 is 1.23 bits per heavy atom. The monoisotopic (exact) mass is 412 g/mol. The van der Waals surface area contributed by atoms with Crippen LogP contribution in [0.15, 0.2) is 0 Å². The number of nitrogens with two attached hydrogens (primary N) is 1. The molecule has 138 valence electrons. The Kier molecular flexibility index (Phi) is 38.4. The van der Waals surface area contributed by atoms with E-state index < -0.39 is 61.3 Å². The molecule has 1 unspecified atom stereocenters. The van der Waals surface area contributed by atoms with E-state index in [2.05, 4.69) is 5.32 Å². The molecule has 1 atom stereocenters. The van der Waals surface area contributed by atoms with Crippen molar-refractivity contribution in [2.75, 3.05) is 6.54 Å². The molecule has 0 radical (unpaired) electrons. The summed E-state index contributed by atoms with van der Waals surface area (Å²) in [7, 11) is 0. The maximum absolute atomic E-state index is 10.7. The summed E-state index contributed by atoms with van der Waals surface area (Å²) < 4.78 is 0. The Balaban J connectivity index is -0.000000120. The van der Waals surface area contributed by atoms with Gasteiger partial charge < -0.3 is 62.3 Å². The molecule has 16 heteroatoms. The molecule has 0 aromatic heterocycles. The zero-order valence-corrected chi connectivity index (χ0v) is 20.8. The minimum atomic E-state index is -2.03. The van der Waals surface area contributed by atoms with Crippen LogP contribution in [0.5, 0.6) is 0 Å². The second kappa shape index (κ2) is 22.0. The number of hydrogen-bond acceptors (Lipinski definition) is 9. The minimum Gasteiger partial charge on any atom is -0.550 e. The molecule has 0 bridgehead atoms. The molecule has 0 aliphatic heterocycles. The van der Waals surface area contributed by atoms with Crippen LogP contribution in [0, 0.1) is 0 Å². The van der Waals surface area contributed by atoms with E-state index >= 15 is 0 Å². The van der Waals surface area contributed by atoms with Crippen LogP contribution in [0.25, 0.3) is 0 Å². The predicted octanol–water partition coefficient (Wildman–Crippen LogP) is -17.3. The number of nitrogens with one attached hydrogen (secondary N) is 1. The zero-order chi connectivity index (χ0) is 15.9. The van der Waals surface area contributed by atoms with Gasteiger partial charge in [-0.1, -0.05) is 0 Å². The van der Waals surface area contributed by atoms with Gasteiger partial charge in [0, 0.05) is 42.9 Å². The molecular weight excluding hydrogens is 393 g/mol. The first kappa shape index (κ1) is 45.4. The van der Waals surface area contributed by atoms with Crippen LogP contribution < -0.4 is 115 Å². The largest absolute Gasteiger partial charge is 1.00 e. The Morgan fingerprint density at radius 1 is 0.885 bits per heavy atom. The summed E-state index contributed by atoms with van der Waals surface area (Å²) in [5.41, 5.74) is 3.47. The molecule has 13 nitrogen and oxygen atoms in total. The van der Waals surface area contributed by atoms with Crippen LogP contribution in [0.4, 0.5) is 0 Å². The molecule has 10 N–H and O–H groups in total. The van der Waals surface area contributed by atoms with E-state index in [1.54, 1.807) is 0 Å². The van der Waals surface area contributed by atoms with Gasteiger partial charge in [0.15, 0.2) is 0 Å². The van der Waals surface area contributed by atoms with E-state index in [0.717, 1.165) is 0 Å². The van der Waals surface area contributed by atoms with E-state index in [0.29, 0.717) is 0 Å². The fourth-order valence-electron chi connectivity index (χ4n) is 1.73. The van der Waals surface area contributed by atoms with Gasteiger partial charge in [-0.2, -0.15) is 0 Å². The van der Waals surface area contributed by atoms with Gasteiger partial charge in [-0.15, -0.1) is 0 Å². The van der Waals surface area contributed by atoms with Gasteiger partial charge in [0.1, 0.15) is 0 Å². The van der Waals surface area contributed by atoms with Crippen LogP contribution in [0.2, 0.25) is 0 Å². The van der Waals surface area contributed by atoms with Crippen molar-refractivity contribution in [2.45, 2.75) is 30.8 Å². The fraction of sp³-hybridized carbons (Fsp3) is 0.600. The van der Waals surface area contributed by atoms with Crippen molar-refractivity contribution in [1.29, 1.82) is 0 Å². The normalized spacial score (nSPS) is 9.73. The SMILES string of the molecule is NC(CC(=O)O)C(CC(=O)[O-])(CC(=O)[O-])NCC(=O)[O-].O.O.O.[Na+].[Na+].[Na+]. The van der Waals surface area contributed by atoms with Crippen LogP contribution >= 0.6 is 0 Å². The molecule has 0 amide bonds. The van der Waals surface area contributed by atoms with E-state index in [4.69, 9.17) is 10.8 Å². The molecule has 0 aliphatic carbocycles. The minimum absolute atomic E-state index is 0. The molecule has 26 heavy (non-hydrogen) atoms. The third-order valence-corrected chi connectivity index (χ3v) is 2.61. The summed E-state index contributed by atoms with van der Waals surface area (Å²) in [5.74, 6) is -6.50. The summed E-state index contributed by atoms with van der Waals surface area (Å²) in [5, 5.41) is 42.5. The molecule has 0 aromatic rings. The summed E-state index contributed by atoms with van der Waals surface area (Å²) in [6.07, 6.45) is -2.77. The second-order valence-electron chi connectivity index (χ2n) is 4.18. The molecule has 0 rings (SSSR count). The standard InChI is InChI=1S/C10H16N2O8.3Na.3H2O/c11-5(1-6(13)14)10(2-7(15)16,3-8(17)18)12-4-9(19)20;;;;;;/h5,12H,1-4,11H2,(H,13,14)(H,15,16)(H,17,18)(H,19,20);;;;3*1H2/q;3*+1;;;/p-3. The van der Waals surface area contributed by atoms with Crippen molar-refractivity contribution in [3.05, 3.63) is 0 Å². The zero-order valence-electron chi connectivity index (χ0n) is 14.8. The van der Waals surface area contributed by atoms with Crippen molar-refractivity contribution in [3.8, 4) is 0 Å². The summed E-state index contributed by atoms with van der Waals surface area (Å²) in [6, 6.07) is -1.49. The van der Waals surface area contributed by atoms with Crippen LogP contribution in [0.1, 0.15) is 19.3 Å². The van der Waals surface area contributed by atoms with Crippen molar-refractivity contribution in [3.63, 3.8) is 0 Å². The van der Waals surface area contributed by atoms with Gasteiger partial charge >= 0.3 is 94.6 Å². The van der Waals surface area contributed by atoms with Crippen molar-refractivity contribution in [2.24, 2.45) is 5.73 Å². The topological polar surface area (TPSA) is 290 Å². The maximum Gasteiger partial charge on any atom is 1.00 e. The average Bonchev–Trinajstić information content (AvgIpc) is 2.23. The maximum atomic E-state index is 10.7. The molecule has 0 spiro atoms. The Morgan fingerprint density at radius 3 is 1.46 bits per heavy atom. The van der Waals surface area contributed by atoms with Crippen molar-refractivity contribution in [1.82, 2.24) is 5.32 Å². The smallest absolute Gasteiger partial charge is 0.550 e. The first-order chi connectivity index (χ1) is 9.09. The number of rotatable bonds is 10. The molecule has 0 fully saturated rings. The van der Waals surface area contributed by atoms with Crippen LogP contribution in [-0.4, -0.2) is 63.5 Å². The number of carboxylic acid groups (broad SMARTS) is 4. The van der Waals surface area contributed by atoms with Crippen molar-refractivity contribution < 1.29 is 145 Å². The van der Waals surface area contributed by atoms with Gasteiger partial charge in [-0.3, -0.25) is 4.79 Å². The van der Waals surface area contributed by atoms with Crippen LogP contribution in [0.3, 0.4) is 0 Å². The molecule has 0 aromatic carbocycles. The Bertz CT molecular complexity index is 409. The molecule has 0 saturated carbocycles. The van der Waals surface area contributed by atoms with Gasteiger partial charge in [0.2, 0.25) is 0 Å². The first-order valence-corrected chi connectivity index (χ1v) is 5.41. The number of aliphatic carboxylic acids is 4. The second-order valence-corrected chi connectivity index (χ2v) is 4.18. The number of hydrogen-bond donors (Lipinski definition) is 3. The number of carbonyl (C=O) groups is 4. The summed E-state index contributed by atoms with van der Waals surface area (Å²) in [6.45, 7) is -0.909. The van der Waals surface area contributed by atoms with Gasteiger partial charge in [0.25, 0.3) is 0 Å². The molecule has 0 saturated heterocycles. The third-order valence-electron chi connectivity index (χ3n) is 2.61. The molecule has 0 aliphatic rings. The van der Waals surface area contributed by atoms with E-state index in [1.165, 1.54) is 0 Å². The molecule has 0 heterocycles. The number of carboxylic acids is 4. The van der Waals surface area contributed by atoms with Crippen molar-refractivity contribution >= 4 is 23.9 Å². The summed E-state index contributed by atoms with van der Waals surface area (Å²) >= 11 is 0. The Labute approximate surface area is 214 Å². The van der Waals surface area contributed by atoms with Gasteiger partial charge in [-0.05, 0) is 0 Å². The van der Waals surface area contributed by atoms with Crippen LogP contribution in [-0.2, 0) is 19.2 Å². The third kappa shape index (κ3) is 19.4. The predicted molar refractivity (Wildman–Crippen MR) is 66.1 cm³/mol. The Hall–Kier alpha value is 0.680. The van der Waals surface area contributed by atoms with E-state index in [1.807, 2.05) is 0 Å². The molecular formula is C10H19N2Na3O11. The average molecular weight is 412 g/mol. The fourth-order valence-corrected chi connectivity index (χ4v) is 1.73. The van der Waals surface area contributed by atoms with Gasteiger partial charge in [-0.25, -0.2) is 0 Å². The van der Waals surface area contributed by atoms with E-state index in [9.17, 15) is 34.5 Å². The quantitative estimate of drug-likeness (QED) is 0.284. The van der Waals surface area contributed by atoms with Gasteiger partial charge in [0.05, 0.1) is 12.4 Å². The number of carbonyl (C=O) groups excluding carboxylic acids is 3. The van der Waals surface area contributed by atoms with E-state index in [-0.39, 0.29) is 105 Å². The first-order valence-electron chi connectivity index (χ1n) is 5.41.